The molecule has 5 nitrogen and oxygen atoms in total. The van der Waals surface area contributed by atoms with E-state index in [1.165, 1.54) is 0 Å². The van der Waals surface area contributed by atoms with Crippen LogP contribution in [0.5, 0.6) is 0 Å². The van der Waals surface area contributed by atoms with Crippen LogP contribution in [0.3, 0.4) is 0 Å². The SMILES string of the molecule is CCC(=O)Nc1ccc(C)c(NC(=O)CC2CCNCC2)c1. The van der Waals surface area contributed by atoms with E-state index in [1.54, 1.807) is 0 Å². The summed E-state index contributed by atoms with van der Waals surface area (Å²) in [6.07, 6.45) is 3.11. The van der Waals surface area contributed by atoms with Gasteiger partial charge in [-0.05, 0) is 56.5 Å². The van der Waals surface area contributed by atoms with Gasteiger partial charge in [0.05, 0.1) is 0 Å². The molecule has 1 aromatic carbocycles. The van der Waals surface area contributed by atoms with E-state index in [2.05, 4.69) is 16.0 Å². The number of carbonyl (C=O) groups is 2. The van der Waals surface area contributed by atoms with E-state index < -0.39 is 0 Å². The molecule has 5 heteroatoms. The van der Waals surface area contributed by atoms with Crippen LogP contribution in [0.15, 0.2) is 18.2 Å². The molecule has 2 rings (SSSR count). The number of carbonyl (C=O) groups excluding carboxylic acids is 2. The first-order valence-electron chi connectivity index (χ1n) is 7.99. The minimum absolute atomic E-state index is 0.0316. The molecule has 120 valence electrons. The van der Waals surface area contributed by atoms with Crippen LogP contribution >= 0.6 is 0 Å². The van der Waals surface area contributed by atoms with Crippen molar-refractivity contribution in [2.45, 2.75) is 39.5 Å². The van der Waals surface area contributed by atoms with Gasteiger partial charge in [-0.3, -0.25) is 9.59 Å². The van der Waals surface area contributed by atoms with Gasteiger partial charge in [-0.1, -0.05) is 13.0 Å². The Balaban J connectivity index is 1.96. The number of hydrogen-bond donors (Lipinski definition) is 3. The van der Waals surface area contributed by atoms with E-state index in [1.807, 2.05) is 32.0 Å². The Kier molecular flexibility index (Phi) is 5.95. The summed E-state index contributed by atoms with van der Waals surface area (Å²) < 4.78 is 0. The average Bonchev–Trinajstić information content (AvgIpc) is 2.51. The molecule has 0 radical (unpaired) electrons. The van der Waals surface area contributed by atoms with Crippen LogP contribution in [-0.4, -0.2) is 24.9 Å². The summed E-state index contributed by atoms with van der Waals surface area (Å²) in [6.45, 7) is 5.75. The molecule has 2 amide bonds. The summed E-state index contributed by atoms with van der Waals surface area (Å²) in [7, 11) is 0. The lowest BCUT2D eigenvalue weighted by Gasteiger charge is -2.22. The van der Waals surface area contributed by atoms with Gasteiger partial charge in [-0.15, -0.1) is 0 Å². The largest absolute Gasteiger partial charge is 0.326 e. The number of aryl methyl sites for hydroxylation is 1. The lowest BCUT2D eigenvalue weighted by atomic mass is 9.94. The highest BCUT2D eigenvalue weighted by Gasteiger charge is 2.17. The first-order chi connectivity index (χ1) is 10.6. The fourth-order valence-electron chi connectivity index (χ4n) is 2.63. The van der Waals surface area contributed by atoms with E-state index in [-0.39, 0.29) is 11.8 Å². The molecule has 22 heavy (non-hydrogen) atoms. The zero-order valence-electron chi connectivity index (χ0n) is 13.4. The molecule has 0 unspecified atom stereocenters. The van der Waals surface area contributed by atoms with Crippen molar-refractivity contribution in [3.05, 3.63) is 23.8 Å². The third-order valence-electron chi connectivity index (χ3n) is 4.05. The Morgan fingerprint density at radius 2 is 1.91 bits per heavy atom. The Bertz CT molecular complexity index is 537. The molecule has 1 aliphatic rings. The number of anilines is 2. The van der Waals surface area contributed by atoms with Crippen molar-refractivity contribution in [1.29, 1.82) is 0 Å². The zero-order chi connectivity index (χ0) is 15.9. The van der Waals surface area contributed by atoms with Crippen molar-refractivity contribution >= 4 is 23.2 Å². The Morgan fingerprint density at radius 1 is 1.18 bits per heavy atom. The normalized spacial score (nSPS) is 15.4. The summed E-state index contributed by atoms with van der Waals surface area (Å²) in [5, 5.41) is 9.10. The topological polar surface area (TPSA) is 70.2 Å². The lowest BCUT2D eigenvalue weighted by Crippen LogP contribution is -2.30. The van der Waals surface area contributed by atoms with Gasteiger partial charge in [0.2, 0.25) is 11.8 Å². The Labute approximate surface area is 131 Å². The number of piperidine rings is 1. The molecule has 0 aromatic heterocycles. The predicted octanol–water partition coefficient (Wildman–Crippen LogP) is 2.67. The molecule has 0 bridgehead atoms. The van der Waals surface area contributed by atoms with Gasteiger partial charge >= 0.3 is 0 Å². The van der Waals surface area contributed by atoms with E-state index in [0.717, 1.165) is 42.9 Å². The van der Waals surface area contributed by atoms with Gasteiger partial charge in [0, 0.05) is 24.2 Å². The Morgan fingerprint density at radius 3 is 2.59 bits per heavy atom. The zero-order valence-corrected chi connectivity index (χ0v) is 13.4. The van der Waals surface area contributed by atoms with Gasteiger partial charge in [-0.2, -0.15) is 0 Å². The van der Waals surface area contributed by atoms with Crippen molar-refractivity contribution in [3.63, 3.8) is 0 Å². The van der Waals surface area contributed by atoms with Crippen LogP contribution < -0.4 is 16.0 Å². The second-order valence-corrected chi connectivity index (χ2v) is 5.88. The molecule has 3 N–H and O–H groups in total. The van der Waals surface area contributed by atoms with Gasteiger partial charge in [0.25, 0.3) is 0 Å². The van der Waals surface area contributed by atoms with Crippen LogP contribution in [0.4, 0.5) is 11.4 Å². The summed E-state index contributed by atoms with van der Waals surface area (Å²) in [5.74, 6) is 0.481. The first-order valence-corrected chi connectivity index (χ1v) is 7.99. The van der Waals surface area contributed by atoms with E-state index in [9.17, 15) is 9.59 Å². The van der Waals surface area contributed by atoms with Crippen molar-refractivity contribution < 1.29 is 9.59 Å². The standard InChI is InChI=1S/C17H25N3O2/c1-3-16(21)19-14-5-4-12(2)15(11-14)20-17(22)10-13-6-8-18-9-7-13/h4-5,11,13,18H,3,6-10H2,1-2H3,(H,19,21)(H,20,22). The highest BCUT2D eigenvalue weighted by atomic mass is 16.2. The molecule has 0 spiro atoms. The van der Waals surface area contributed by atoms with Crippen LogP contribution in [0.25, 0.3) is 0 Å². The lowest BCUT2D eigenvalue weighted by molar-refractivity contribution is -0.117. The summed E-state index contributed by atoms with van der Waals surface area (Å²) in [4.78, 5) is 23.7. The van der Waals surface area contributed by atoms with E-state index in [4.69, 9.17) is 0 Å². The average molecular weight is 303 g/mol. The molecule has 0 aliphatic carbocycles. The molecule has 0 saturated carbocycles. The summed E-state index contributed by atoms with van der Waals surface area (Å²) in [6, 6.07) is 5.58. The molecule has 1 heterocycles. The maximum Gasteiger partial charge on any atom is 0.224 e. The maximum absolute atomic E-state index is 12.2. The molecule has 1 saturated heterocycles. The van der Waals surface area contributed by atoms with E-state index >= 15 is 0 Å². The highest BCUT2D eigenvalue weighted by molar-refractivity contribution is 5.94. The predicted molar refractivity (Wildman–Crippen MR) is 88.9 cm³/mol. The van der Waals surface area contributed by atoms with Crippen LogP contribution in [0.1, 0.15) is 38.2 Å². The number of amides is 2. The van der Waals surface area contributed by atoms with Crippen molar-refractivity contribution in [2.24, 2.45) is 5.92 Å². The van der Waals surface area contributed by atoms with Crippen LogP contribution in [-0.2, 0) is 9.59 Å². The van der Waals surface area contributed by atoms with Gasteiger partial charge in [-0.25, -0.2) is 0 Å². The molecule has 1 fully saturated rings. The molecule has 0 atom stereocenters. The third-order valence-corrected chi connectivity index (χ3v) is 4.05. The molecule has 1 aromatic rings. The molecule has 1 aliphatic heterocycles. The smallest absolute Gasteiger partial charge is 0.224 e. The van der Waals surface area contributed by atoms with Gasteiger partial charge in [0.1, 0.15) is 0 Å². The fraction of sp³-hybridized carbons (Fsp3) is 0.529. The Hall–Kier alpha value is -1.88. The minimum Gasteiger partial charge on any atom is -0.326 e. The fourth-order valence-corrected chi connectivity index (χ4v) is 2.63. The van der Waals surface area contributed by atoms with Gasteiger partial charge < -0.3 is 16.0 Å². The summed E-state index contributed by atoms with van der Waals surface area (Å²) >= 11 is 0. The number of hydrogen-bond acceptors (Lipinski definition) is 3. The van der Waals surface area contributed by atoms with Crippen molar-refractivity contribution in [2.75, 3.05) is 23.7 Å². The maximum atomic E-state index is 12.2. The van der Waals surface area contributed by atoms with Crippen LogP contribution in [0.2, 0.25) is 0 Å². The van der Waals surface area contributed by atoms with Gasteiger partial charge in [0.15, 0.2) is 0 Å². The molecular formula is C17H25N3O2. The number of nitrogens with one attached hydrogen (secondary N) is 3. The number of rotatable bonds is 5. The first kappa shape index (κ1) is 16.5. The van der Waals surface area contributed by atoms with Crippen molar-refractivity contribution in [3.8, 4) is 0 Å². The number of benzene rings is 1. The summed E-state index contributed by atoms with van der Waals surface area (Å²) in [5.41, 5.74) is 2.48. The van der Waals surface area contributed by atoms with Crippen molar-refractivity contribution in [1.82, 2.24) is 5.32 Å². The van der Waals surface area contributed by atoms with Crippen LogP contribution in [0, 0.1) is 12.8 Å². The second-order valence-electron chi connectivity index (χ2n) is 5.88. The minimum atomic E-state index is -0.0316. The highest BCUT2D eigenvalue weighted by Crippen LogP contribution is 2.22. The molecular weight excluding hydrogens is 278 g/mol. The van der Waals surface area contributed by atoms with E-state index in [0.29, 0.717) is 18.8 Å². The monoisotopic (exact) mass is 303 g/mol. The second kappa shape index (κ2) is 7.94. The third kappa shape index (κ3) is 4.84. The quantitative estimate of drug-likeness (QED) is 0.783.